The third-order valence-corrected chi connectivity index (χ3v) is 20.7. The first kappa shape index (κ1) is 82.9. The first-order chi connectivity index (χ1) is 41.7. The average Bonchev–Trinajstić information content (AvgIpc) is 3.52. The van der Waals surface area contributed by atoms with E-state index >= 15 is 0 Å². The minimum atomic E-state index is -0.376. The SMILES string of the molecule is CCCCCCCCCCCCC(O)CN(CCCCSSCCN1CCN(CCOC(=O)CCCCN(CC(O)CCCCCCCCCCCC)CC(O)CCCCCCCCCCCC)CC1)CC(O)CCCCCCCCCCCC. The highest BCUT2D eigenvalue weighted by molar-refractivity contribution is 8.76. The van der Waals surface area contributed by atoms with Gasteiger partial charge in [-0.05, 0) is 64.5 Å². The number of aliphatic hydroxyl groups is 4. The van der Waals surface area contributed by atoms with E-state index < -0.39 is 0 Å². The van der Waals surface area contributed by atoms with Crippen LogP contribution in [0.5, 0.6) is 0 Å². The maximum Gasteiger partial charge on any atom is 0.305 e. The fourth-order valence-corrected chi connectivity index (χ4v) is 14.7. The quantitative estimate of drug-likeness (QED) is 0.0264. The molecule has 10 nitrogen and oxygen atoms in total. The van der Waals surface area contributed by atoms with Crippen LogP contribution in [0.25, 0.3) is 0 Å². The van der Waals surface area contributed by atoms with Crippen LogP contribution < -0.4 is 0 Å². The molecule has 0 bridgehead atoms. The molecule has 0 saturated carbocycles. The topological polar surface area (TPSA) is 120 Å². The molecule has 1 aliphatic rings. The Hall–Kier alpha value is -0.150. The van der Waals surface area contributed by atoms with Crippen LogP contribution in [0.4, 0.5) is 0 Å². The summed E-state index contributed by atoms with van der Waals surface area (Å²) < 4.78 is 5.73. The molecule has 12 heteroatoms. The Morgan fingerprint density at radius 3 is 0.941 bits per heavy atom. The molecule has 85 heavy (non-hydrogen) atoms. The molecule has 1 aliphatic heterocycles. The molecule has 4 atom stereocenters. The first-order valence-corrected chi connectivity index (χ1v) is 40.2. The smallest absolute Gasteiger partial charge is 0.305 e. The summed E-state index contributed by atoms with van der Waals surface area (Å²) in [4.78, 5) is 22.5. The van der Waals surface area contributed by atoms with Crippen LogP contribution in [0.15, 0.2) is 0 Å². The monoisotopic (exact) mass is 1240 g/mol. The third-order valence-electron chi connectivity index (χ3n) is 18.2. The lowest BCUT2D eigenvalue weighted by atomic mass is 10.0. The number of nitrogens with zero attached hydrogens (tertiary/aromatic N) is 4. The van der Waals surface area contributed by atoms with E-state index in [-0.39, 0.29) is 30.4 Å². The number of carbonyl (C=O) groups is 1. The molecule has 0 radical (unpaired) electrons. The summed E-state index contributed by atoms with van der Waals surface area (Å²) in [6.45, 7) is 19.9. The Morgan fingerprint density at radius 1 is 0.353 bits per heavy atom. The zero-order valence-corrected chi connectivity index (χ0v) is 58.9. The minimum absolute atomic E-state index is 0.110. The zero-order valence-electron chi connectivity index (χ0n) is 57.3. The molecule has 4 N–H and O–H groups in total. The molecule has 0 aromatic carbocycles. The van der Waals surface area contributed by atoms with Gasteiger partial charge in [0.2, 0.25) is 0 Å². The molecule has 0 aromatic rings. The zero-order chi connectivity index (χ0) is 61.6. The summed E-state index contributed by atoms with van der Waals surface area (Å²) in [5, 5.41) is 44.4. The van der Waals surface area contributed by atoms with Gasteiger partial charge in [-0.15, -0.1) is 0 Å². The standard InChI is InChI=1S/C73H148N4O6S2/c1-5-9-13-17-21-25-29-33-37-41-49-69(78)65-76(66-70(79)50-42-38-34-30-26-22-18-14-10-6-2)54-46-45-53-73(82)83-62-60-74-56-58-75(59-57-74)61-64-85-84-63-48-47-55-77(67-71(80)51-43-39-35-31-27-23-19-15-11-7-3)68-72(81)52-44-40-36-32-28-24-20-16-12-8-4/h69-72,78-81H,5-68H2,1-4H3. The second-order valence-electron chi connectivity index (χ2n) is 26.7. The Balaban J connectivity index is 2.35. The van der Waals surface area contributed by atoms with Gasteiger partial charge in [-0.3, -0.25) is 24.4 Å². The summed E-state index contributed by atoms with van der Waals surface area (Å²) in [6.07, 6.45) is 58.5. The van der Waals surface area contributed by atoms with E-state index in [9.17, 15) is 25.2 Å². The van der Waals surface area contributed by atoms with Crippen LogP contribution in [-0.2, 0) is 9.53 Å². The molecule has 1 saturated heterocycles. The normalized spacial score (nSPS) is 14.9. The minimum Gasteiger partial charge on any atom is -0.464 e. The molecule has 1 rings (SSSR count). The number of rotatable bonds is 69. The lowest BCUT2D eigenvalue weighted by Crippen LogP contribution is -2.47. The molecular formula is C73H148N4O6S2. The molecule has 1 fully saturated rings. The fourth-order valence-electron chi connectivity index (χ4n) is 12.5. The number of unbranched alkanes of at least 4 members (excludes halogenated alkanes) is 38. The van der Waals surface area contributed by atoms with Crippen LogP contribution in [0, 0.1) is 0 Å². The molecular weight excluding hydrogens is 1090 g/mol. The van der Waals surface area contributed by atoms with E-state index in [0.717, 1.165) is 141 Å². The second-order valence-corrected chi connectivity index (χ2v) is 29.4. The summed E-state index contributed by atoms with van der Waals surface area (Å²) in [5.41, 5.74) is 0. The van der Waals surface area contributed by atoms with Gasteiger partial charge in [0.05, 0.1) is 24.4 Å². The number of aliphatic hydroxyl groups excluding tert-OH is 4. The van der Waals surface area contributed by atoms with Gasteiger partial charge in [-0.25, -0.2) is 0 Å². The third kappa shape index (κ3) is 58.7. The van der Waals surface area contributed by atoms with Crippen LogP contribution in [-0.4, -0.2) is 167 Å². The molecule has 1 heterocycles. The summed E-state index contributed by atoms with van der Waals surface area (Å²) in [6, 6.07) is 0. The van der Waals surface area contributed by atoms with Crippen molar-refractivity contribution >= 4 is 27.6 Å². The van der Waals surface area contributed by atoms with Crippen molar-refractivity contribution < 1.29 is 30.0 Å². The summed E-state index contributed by atoms with van der Waals surface area (Å²) in [7, 11) is 4.00. The lowest BCUT2D eigenvalue weighted by Gasteiger charge is -2.34. The van der Waals surface area contributed by atoms with Gasteiger partial charge in [0.1, 0.15) is 6.61 Å². The number of piperazine rings is 1. The Labute approximate surface area is 537 Å². The van der Waals surface area contributed by atoms with Crippen molar-refractivity contribution in [1.29, 1.82) is 0 Å². The van der Waals surface area contributed by atoms with Gasteiger partial charge in [0.25, 0.3) is 0 Å². The van der Waals surface area contributed by atoms with E-state index in [0.29, 0.717) is 39.2 Å². The maximum absolute atomic E-state index is 12.8. The summed E-state index contributed by atoms with van der Waals surface area (Å²) in [5.74, 6) is 2.16. The number of ether oxygens (including phenoxy) is 1. The van der Waals surface area contributed by atoms with E-state index in [1.807, 2.05) is 21.6 Å². The van der Waals surface area contributed by atoms with Crippen molar-refractivity contribution in [2.75, 3.05) is 96.6 Å². The highest BCUT2D eigenvalue weighted by Gasteiger charge is 2.20. The van der Waals surface area contributed by atoms with E-state index in [4.69, 9.17) is 4.74 Å². The van der Waals surface area contributed by atoms with Crippen LogP contribution in [0.1, 0.15) is 342 Å². The molecule has 0 spiro atoms. The highest BCUT2D eigenvalue weighted by atomic mass is 33.1. The number of esters is 1. The predicted molar refractivity (Wildman–Crippen MR) is 375 cm³/mol. The molecule has 0 aromatic heterocycles. The van der Waals surface area contributed by atoms with Gasteiger partial charge in [0, 0.05) is 83.4 Å². The lowest BCUT2D eigenvalue weighted by molar-refractivity contribution is -0.144. The average molecular weight is 1240 g/mol. The molecule has 508 valence electrons. The van der Waals surface area contributed by atoms with Crippen molar-refractivity contribution in [3.8, 4) is 0 Å². The van der Waals surface area contributed by atoms with E-state index in [2.05, 4.69) is 47.3 Å². The van der Waals surface area contributed by atoms with Gasteiger partial charge >= 0.3 is 5.97 Å². The fraction of sp³-hybridized carbons (Fsp3) is 0.986. The Kier molecular flexibility index (Phi) is 63.7. The van der Waals surface area contributed by atoms with Crippen LogP contribution >= 0.6 is 21.6 Å². The number of carbonyl (C=O) groups excluding carboxylic acids is 1. The largest absolute Gasteiger partial charge is 0.464 e. The van der Waals surface area contributed by atoms with E-state index in [1.165, 1.54) is 231 Å². The van der Waals surface area contributed by atoms with Crippen LogP contribution in [0.2, 0.25) is 0 Å². The first-order valence-electron chi connectivity index (χ1n) is 37.7. The van der Waals surface area contributed by atoms with Gasteiger partial charge in [-0.2, -0.15) is 0 Å². The van der Waals surface area contributed by atoms with Crippen molar-refractivity contribution in [3.05, 3.63) is 0 Å². The molecule has 4 unspecified atom stereocenters. The van der Waals surface area contributed by atoms with Crippen molar-refractivity contribution in [3.63, 3.8) is 0 Å². The second kappa shape index (κ2) is 65.3. The number of hydrogen-bond acceptors (Lipinski definition) is 12. The highest BCUT2D eigenvalue weighted by Crippen LogP contribution is 2.24. The van der Waals surface area contributed by atoms with Gasteiger partial charge in [-0.1, -0.05) is 306 Å². The van der Waals surface area contributed by atoms with Crippen LogP contribution in [0.3, 0.4) is 0 Å². The van der Waals surface area contributed by atoms with Crippen molar-refractivity contribution in [2.45, 2.75) is 367 Å². The Morgan fingerprint density at radius 2 is 0.624 bits per heavy atom. The molecule has 0 aliphatic carbocycles. The number of hydrogen-bond donors (Lipinski definition) is 4. The Bertz CT molecular complexity index is 1270. The predicted octanol–water partition coefficient (Wildman–Crippen LogP) is 18.8. The van der Waals surface area contributed by atoms with Crippen molar-refractivity contribution in [1.82, 2.24) is 19.6 Å². The molecule has 0 amide bonds. The summed E-state index contributed by atoms with van der Waals surface area (Å²) >= 11 is 0. The van der Waals surface area contributed by atoms with Gasteiger partial charge < -0.3 is 25.2 Å². The van der Waals surface area contributed by atoms with E-state index in [1.54, 1.807) is 0 Å². The van der Waals surface area contributed by atoms with Gasteiger partial charge in [0.15, 0.2) is 0 Å². The maximum atomic E-state index is 12.8. The van der Waals surface area contributed by atoms with Crippen molar-refractivity contribution in [2.24, 2.45) is 0 Å².